The van der Waals surface area contributed by atoms with Gasteiger partial charge in [0.2, 0.25) is 0 Å². The van der Waals surface area contributed by atoms with Crippen LogP contribution in [-0.2, 0) is 7.05 Å². The van der Waals surface area contributed by atoms with E-state index in [0.717, 1.165) is 0 Å². The van der Waals surface area contributed by atoms with Gasteiger partial charge in [0, 0.05) is 28.8 Å². The topological polar surface area (TPSA) is 22.0 Å². The summed E-state index contributed by atoms with van der Waals surface area (Å²) < 4.78 is 15.0. The molecule has 0 saturated carbocycles. The van der Waals surface area contributed by atoms with Gasteiger partial charge in [-0.05, 0) is 34.1 Å². The van der Waals surface area contributed by atoms with Crippen LogP contribution in [0.5, 0.6) is 0 Å². The molecule has 94 valence electrons. The molecule has 0 fully saturated rings. The Bertz CT molecular complexity index is 685. The van der Waals surface area contributed by atoms with Crippen LogP contribution in [0.2, 0.25) is 10.0 Å². The van der Waals surface area contributed by atoms with Crippen LogP contribution in [0.15, 0.2) is 33.7 Å². The number of aryl methyl sites for hydroxylation is 1. The fraction of sp³-hybridized carbons (Fsp3) is 0.0833. The molecular formula is C12H7BrCl2FNO. The third-order valence-electron chi connectivity index (χ3n) is 2.47. The Labute approximate surface area is 121 Å². The van der Waals surface area contributed by atoms with Crippen molar-refractivity contribution in [2.75, 3.05) is 0 Å². The van der Waals surface area contributed by atoms with Crippen molar-refractivity contribution in [1.82, 2.24) is 4.57 Å². The molecule has 2 aromatic rings. The first-order valence-electron chi connectivity index (χ1n) is 4.92. The monoisotopic (exact) mass is 349 g/mol. The van der Waals surface area contributed by atoms with Gasteiger partial charge in [0.1, 0.15) is 10.8 Å². The van der Waals surface area contributed by atoms with E-state index in [-0.39, 0.29) is 15.6 Å². The SMILES string of the molecule is Cn1cc(Br)c(-c2ccc(F)cc2Cl)c(Cl)c1=O. The quantitative estimate of drug-likeness (QED) is 0.753. The van der Waals surface area contributed by atoms with Crippen molar-refractivity contribution in [2.45, 2.75) is 0 Å². The van der Waals surface area contributed by atoms with Crippen molar-refractivity contribution in [3.63, 3.8) is 0 Å². The lowest BCUT2D eigenvalue weighted by Gasteiger charge is -2.10. The van der Waals surface area contributed by atoms with Crippen molar-refractivity contribution in [2.24, 2.45) is 7.05 Å². The second kappa shape index (κ2) is 5.03. The first kappa shape index (κ1) is 13.6. The van der Waals surface area contributed by atoms with Gasteiger partial charge in [-0.1, -0.05) is 23.2 Å². The number of nitrogens with zero attached hydrogens (tertiary/aromatic N) is 1. The maximum absolute atomic E-state index is 13.0. The highest BCUT2D eigenvalue weighted by molar-refractivity contribution is 9.10. The van der Waals surface area contributed by atoms with Gasteiger partial charge in [-0.25, -0.2) is 4.39 Å². The molecule has 0 unspecified atom stereocenters. The van der Waals surface area contributed by atoms with Gasteiger partial charge in [-0.2, -0.15) is 0 Å². The number of aromatic nitrogens is 1. The molecule has 2 rings (SSSR count). The molecule has 0 bridgehead atoms. The van der Waals surface area contributed by atoms with E-state index in [2.05, 4.69) is 15.9 Å². The second-order valence-electron chi connectivity index (χ2n) is 3.71. The molecule has 1 aromatic heterocycles. The lowest BCUT2D eigenvalue weighted by Crippen LogP contribution is -2.17. The molecule has 0 atom stereocenters. The van der Waals surface area contributed by atoms with Crippen LogP contribution in [0.4, 0.5) is 4.39 Å². The van der Waals surface area contributed by atoms with E-state index in [1.54, 1.807) is 13.2 Å². The molecule has 2 nitrogen and oxygen atoms in total. The number of benzene rings is 1. The second-order valence-corrected chi connectivity index (χ2v) is 5.35. The van der Waals surface area contributed by atoms with Crippen molar-refractivity contribution in [3.8, 4) is 11.1 Å². The zero-order chi connectivity index (χ0) is 13.4. The highest BCUT2D eigenvalue weighted by Gasteiger charge is 2.16. The van der Waals surface area contributed by atoms with Gasteiger partial charge >= 0.3 is 0 Å². The van der Waals surface area contributed by atoms with E-state index in [4.69, 9.17) is 23.2 Å². The third-order valence-corrected chi connectivity index (χ3v) is 3.74. The fourth-order valence-electron chi connectivity index (χ4n) is 1.60. The summed E-state index contributed by atoms with van der Waals surface area (Å²) in [4.78, 5) is 11.8. The number of hydrogen-bond donors (Lipinski definition) is 0. The number of hydrogen-bond acceptors (Lipinski definition) is 1. The van der Waals surface area contributed by atoms with Crippen LogP contribution in [0.3, 0.4) is 0 Å². The van der Waals surface area contributed by atoms with Crippen molar-refractivity contribution in [1.29, 1.82) is 0 Å². The Hall–Kier alpha value is -0.840. The summed E-state index contributed by atoms with van der Waals surface area (Å²) in [5, 5.41) is 0.242. The average molecular weight is 351 g/mol. The zero-order valence-electron chi connectivity index (χ0n) is 9.18. The summed E-state index contributed by atoms with van der Waals surface area (Å²) in [6, 6.07) is 3.93. The molecule has 0 aliphatic rings. The molecule has 0 amide bonds. The summed E-state index contributed by atoms with van der Waals surface area (Å²) in [6.45, 7) is 0. The largest absolute Gasteiger partial charge is 0.316 e. The van der Waals surface area contributed by atoms with E-state index in [9.17, 15) is 9.18 Å². The molecule has 6 heteroatoms. The normalized spacial score (nSPS) is 10.7. The average Bonchev–Trinajstić information content (AvgIpc) is 2.29. The maximum atomic E-state index is 13.0. The predicted molar refractivity (Wildman–Crippen MR) is 74.8 cm³/mol. The van der Waals surface area contributed by atoms with Gasteiger partial charge < -0.3 is 4.57 Å². The van der Waals surface area contributed by atoms with Crippen LogP contribution in [0.25, 0.3) is 11.1 Å². The molecule has 0 spiro atoms. The van der Waals surface area contributed by atoms with E-state index >= 15 is 0 Å². The summed E-state index contributed by atoms with van der Waals surface area (Å²) in [7, 11) is 1.59. The summed E-state index contributed by atoms with van der Waals surface area (Å²) >= 11 is 15.3. The van der Waals surface area contributed by atoms with E-state index in [1.165, 1.54) is 22.8 Å². The Morgan fingerprint density at radius 3 is 2.61 bits per heavy atom. The van der Waals surface area contributed by atoms with Gasteiger partial charge in [0.15, 0.2) is 0 Å². The first-order chi connectivity index (χ1) is 8.41. The van der Waals surface area contributed by atoms with E-state index in [0.29, 0.717) is 15.6 Å². The molecule has 0 saturated heterocycles. The minimum absolute atomic E-state index is 0.0420. The maximum Gasteiger partial charge on any atom is 0.269 e. The van der Waals surface area contributed by atoms with Crippen LogP contribution >= 0.6 is 39.1 Å². The van der Waals surface area contributed by atoms with Gasteiger partial charge in [0.25, 0.3) is 5.56 Å². The van der Waals surface area contributed by atoms with Crippen LogP contribution in [0, 0.1) is 5.82 Å². The summed E-state index contributed by atoms with van der Waals surface area (Å²) in [5.41, 5.74) is 0.632. The number of halogens is 4. The molecule has 1 aromatic carbocycles. The van der Waals surface area contributed by atoms with Crippen LogP contribution in [0.1, 0.15) is 0 Å². The van der Waals surface area contributed by atoms with Crippen molar-refractivity contribution >= 4 is 39.1 Å². The molecule has 0 aliphatic heterocycles. The highest BCUT2D eigenvalue weighted by atomic mass is 79.9. The number of rotatable bonds is 1. The smallest absolute Gasteiger partial charge is 0.269 e. The predicted octanol–water partition coefficient (Wildman–Crippen LogP) is 4.26. The van der Waals surface area contributed by atoms with Gasteiger partial charge in [0.05, 0.1) is 5.02 Å². The Morgan fingerprint density at radius 2 is 2.00 bits per heavy atom. The van der Waals surface area contributed by atoms with Gasteiger partial charge in [-0.3, -0.25) is 4.79 Å². The molecule has 0 aliphatic carbocycles. The van der Waals surface area contributed by atoms with Crippen molar-refractivity contribution in [3.05, 3.63) is 55.1 Å². The molecule has 1 heterocycles. The minimum Gasteiger partial charge on any atom is -0.316 e. The lowest BCUT2D eigenvalue weighted by molar-refractivity contribution is 0.628. The van der Waals surface area contributed by atoms with Crippen molar-refractivity contribution < 1.29 is 4.39 Å². The standard InChI is InChI=1S/C12H7BrCl2FNO/c1-17-5-8(13)10(11(15)12(17)18)7-3-2-6(16)4-9(7)14/h2-5H,1H3. The fourth-order valence-corrected chi connectivity index (χ4v) is 3.03. The molecular weight excluding hydrogens is 344 g/mol. The van der Waals surface area contributed by atoms with E-state index in [1.807, 2.05) is 0 Å². The highest BCUT2D eigenvalue weighted by Crippen LogP contribution is 2.36. The lowest BCUT2D eigenvalue weighted by atomic mass is 10.1. The summed E-state index contributed by atoms with van der Waals surface area (Å²) in [5.74, 6) is -0.445. The Kier molecular flexibility index (Phi) is 3.80. The summed E-state index contributed by atoms with van der Waals surface area (Å²) in [6.07, 6.45) is 1.59. The molecule has 0 radical (unpaired) electrons. The van der Waals surface area contributed by atoms with Gasteiger partial charge in [-0.15, -0.1) is 0 Å². The Balaban J connectivity index is 2.79. The number of pyridine rings is 1. The molecule has 18 heavy (non-hydrogen) atoms. The van der Waals surface area contributed by atoms with Crippen LogP contribution < -0.4 is 5.56 Å². The minimum atomic E-state index is -0.445. The Morgan fingerprint density at radius 1 is 1.33 bits per heavy atom. The zero-order valence-corrected chi connectivity index (χ0v) is 12.3. The first-order valence-corrected chi connectivity index (χ1v) is 6.46. The van der Waals surface area contributed by atoms with Crippen LogP contribution in [-0.4, -0.2) is 4.57 Å². The van der Waals surface area contributed by atoms with E-state index < -0.39 is 5.82 Å². The molecule has 0 N–H and O–H groups in total. The third kappa shape index (κ3) is 2.32.